The fourth-order valence-electron chi connectivity index (χ4n) is 4.77. The number of benzene rings is 1. The van der Waals surface area contributed by atoms with Crippen LogP contribution in [0.15, 0.2) is 12.1 Å². The normalized spacial score (nSPS) is 19.7. The molecule has 2 atom stereocenters. The molecule has 0 saturated carbocycles. The lowest BCUT2D eigenvalue weighted by atomic mass is 10.1. The van der Waals surface area contributed by atoms with Gasteiger partial charge in [0.1, 0.15) is 12.0 Å². The molecule has 4 rings (SSSR count). The summed E-state index contributed by atoms with van der Waals surface area (Å²) in [6, 6.07) is 3.34. The summed E-state index contributed by atoms with van der Waals surface area (Å²) in [6.07, 6.45) is -5.02. The van der Waals surface area contributed by atoms with E-state index in [-0.39, 0.29) is 37.7 Å². The number of anilines is 2. The summed E-state index contributed by atoms with van der Waals surface area (Å²) in [7, 11) is 1.49. The maximum Gasteiger partial charge on any atom is 0.414 e. The summed E-state index contributed by atoms with van der Waals surface area (Å²) in [5.74, 6) is -1.48. The predicted octanol–water partition coefficient (Wildman–Crippen LogP) is 5.46. The molecule has 1 aromatic heterocycles. The van der Waals surface area contributed by atoms with Gasteiger partial charge in [-0.1, -0.05) is 0 Å². The van der Waals surface area contributed by atoms with E-state index >= 15 is 0 Å². The summed E-state index contributed by atoms with van der Waals surface area (Å²) in [5, 5.41) is 3.36. The van der Waals surface area contributed by atoms with E-state index in [9.17, 15) is 22.0 Å². The molecule has 1 aromatic carbocycles. The second-order valence-electron chi connectivity index (χ2n) is 10.1. The number of halogens is 5. The lowest BCUT2D eigenvalue weighted by Crippen LogP contribution is -2.40. The quantitative estimate of drug-likeness (QED) is 0.220. The Morgan fingerprint density at radius 1 is 1.03 bits per heavy atom. The molecule has 39 heavy (non-hydrogen) atoms. The Morgan fingerprint density at radius 2 is 1.72 bits per heavy atom. The van der Waals surface area contributed by atoms with Crippen LogP contribution in [0.4, 0.5) is 33.7 Å². The van der Waals surface area contributed by atoms with Crippen molar-refractivity contribution in [2.75, 3.05) is 56.7 Å². The van der Waals surface area contributed by atoms with Crippen molar-refractivity contribution in [2.45, 2.75) is 70.4 Å². The maximum absolute atomic E-state index is 13.8. The lowest BCUT2D eigenvalue weighted by molar-refractivity contribution is -0.222. The first-order valence-electron chi connectivity index (χ1n) is 13.3. The van der Waals surface area contributed by atoms with E-state index in [1.807, 2.05) is 0 Å². The van der Waals surface area contributed by atoms with Crippen molar-refractivity contribution in [3.8, 4) is 11.5 Å². The Kier molecular flexibility index (Phi) is 9.20. The molecule has 3 heterocycles. The number of alkyl halides is 5. The average molecular weight is 562 g/mol. The van der Waals surface area contributed by atoms with Gasteiger partial charge < -0.3 is 29.3 Å². The Morgan fingerprint density at radius 3 is 2.36 bits per heavy atom. The van der Waals surface area contributed by atoms with Gasteiger partial charge in [-0.05, 0) is 52.3 Å². The number of likely N-dealkylation sites (tertiary alicyclic amines) is 1. The van der Waals surface area contributed by atoms with Gasteiger partial charge in [0.2, 0.25) is 5.95 Å². The van der Waals surface area contributed by atoms with Crippen molar-refractivity contribution in [2.24, 2.45) is 0 Å². The maximum atomic E-state index is 13.8. The minimum atomic E-state index is -4.53. The molecule has 0 amide bonds. The second kappa shape index (κ2) is 12.2. The molecule has 0 aliphatic carbocycles. The molecule has 8 nitrogen and oxygen atoms in total. The van der Waals surface area contributed by atoms with Crippen molar-refractivity contribution < 1.29 is 36.2 Å². The van der Waals surface area contributed by atoms with E-state index < -0.39 is 24.4 Å². The van der Waals surface area contributed by atoms with E-state index in [4.69, 9.17) is 14.2 Å². The minimum Gasteiger partial charge on any atom is -0.493 e. The number of ether oxygens (including phenoxy) is 3. The molecule has 2 saturated heterocycles. The summed E-state index contributed by atoms with van der Waals surface area (Å²) in [5.41, 5.74) is 0.436. The van der Waals surface area contributed by atoms with E-state index in [1.54, 1.807) is 17.0 Å². The lowest BCUT2D eigenvalue weighted by Gasteiger charge is -2.32. The molecule has 0 radical (unpaired) electrons. The van der Waals surface area contributed by atoms with Crippen LogP contribution >= 0.6 is 0 Å². The van der Waals surface area contributed by atoms with Gasteiger partial charge in [0.25, 0.3) is 5.92 Å². The largest absolute Gasteiger partial charge is 0.493 e. The summed E-state index contributed by atoms with van der Waals surface area (Å²) < 4.78 is 83.4. The molecule has 0 spiro atoms. The zero-order valence-corrected chi connectivity index (χ0v) is 22.5. The Bertz CT molecular complexity index is 1100. The number of methoxy groups -OCH3 is 1. The van der Waals surface area contributed by atoms with Crippen molar-refractivity contribution >= 4 is 22.7 Å². The molecule has 1 N–H and O–H groups in total. The third kappa shape index (κ3) is 7.71. The summed E-state index contributed by atoms with van der Waals surface area (Å²) in [6.45, 7) is 6.05. The van der Waals surface area contributed by atoms with Gasteiger partial charge in [0.05, 0.1) is 19.2 Å². The molecule has 0 bridgehead atoms. The highest BCUT2D eigenvalue weighted by molar-refractivity contribution is 5.92. The average Bonchev–Trinajstić information content (AvgIpc) is 3.39. The van der Waals surface area contributed by atoms with E-state index in [0.29, 0.717) is 29.0 Å². The highest BCUT2D eigenvalue weighted by Crippen LogP contribution is 2.37. The van der Waals surface area contributed by atoms with Crippen molar-refractivity contribution in [3.63, 3.8) is 0 Å². The molecular formula is C26H36F5N5O3. The van der Waals surface area contributed by atoms with Crippen molar-refractivity contribution in [3.05, 3.63) is 12.1 Å². The van der Waals surface area contributed by atoms with E-state index in [1.165, 1.54) is 26.9 Å². The molecule has 2 aliphatic heterocycles. The van der Waals surface area contributed by atoms with Crippen LogP contribution in [-0.4, -0.2) is 85.7 Å². The standard InChI is InChI=1S/C26H36F5N5O3/c1-17(26(29,30)31)39-18(2)32-23-19-15-21(37-3)22(38-14-6-11-35-9-4-5-10-35)16-20(19)33-24(34-23)36-12-7-25(27,28)8-13-36/h15-18H,4-14H2,1-3H3,(H,32,33,34)/t17?,18-/m0/s1. The Hall–Kier alpha value is -2.67. The van der Waals surface area contributed by atoms with Gasteiger partial charge in [-0.3, -0.25) is 0 Å². The van der Waals surface area contributed by atoms with Crippen molar-refractivity contribution in [1.29, 1.82) is 0 Å². The van der Waals surface area contributed by atoms with Gasteiger partial charge >= 0.3 is 6.18 Å². The zero-order chi connectivity index (χ0) is 28.2. The van der Waals surface area contributed by atoms with Gasteiger partial charge in [-0.2, -0.15) is 18.2 Å². The Balaban J connectivity index is 1.60. The van der Waals surface area contributed by atoms with Gasteiger partial charge in [0, 0.05) is 43.9 Å². The number of piperidine rings is 1. The first-order valence-corrected chi connectivity index (χ1v) is 13.3. The molecule has 2 fully saturated rings. The third-order valence-corrected chi connectivity index (χ3v) is 7.03. The summed E-state index contributed by atoms with van der Waals surface area (Å²) >= 11 is 0. The van der Waals surface area contributed by atoms with Gasteiger partial charge in [0.15, 0.2) is 17.6 Å². The highest BCUT2D eigenvalue weighted by atomic mass is 19.4. The van der Waals surface area contributed by atoms with Crippen LogP contribution in [0, 0.1) is 0 Å². The van der Waals surface area contributed by atoms with Crippen LogP contribution < -0.4 is 19.7 Å². The minimum absolute atomic E-state index is 0.0467. The monoisotopic (exact) mass is 561 g/mol. The number of hydrogen-bond donors (Lipinski definition) is 1. The third-order valence-electron chi connectivity index (χ3n) is 7.03. The van der Waals surface area contributed by atoms with Crippen LogP contribution in [0.3, 0.4) is 0 Å². The topological polar surface area (TPSA) is 72.0 Å². The SMILES string of the molecule is COc1cc2c(N[C@H](C)OC(C)C(F)(F)F)nc(N3CCC(F)(F)CC3)nc2cc1OCCCN1CCCC1. The first-order chi connectivity index (χ1) is 18.4. The van der Waals surface area contributed by atoms with Crippen molar-refractivity contribution in [1.82, 2.24) is 14.9 Å². The summed E-state index contributed by atoms with van der Waals surface area (Å²) in [4.78, 5) is 13.1. The van der Waals surface area contributed by atoms with Gasteiger partial charge in [-0.25, -0.2) is 13.8 Å². The van der Waals surface area contributed by atoms with E-state index in [2.05, 4.69) is 20.2 Å². The number of rotatable bonds is 11. The smallest absolute Gasteiger partial charge is 0.414 e. The number of fused-ring (bicyclic) bond motifs is 1. The van der Waals surface area contributed by atoms with Gasteiger partial charge in [-0.15, -0.1) is 0 Å². The highest BCUT2D eigenvalue weighted by Gasteiger charge is 2.38. The van der Waals surface area contributed by atoms with Crippen LogP contribution in [-0.2, 0) is 4.74 Å². The molecule has 2 aromatic rings. The first kappa shape index (κ1) is 29.3. The molecule has 13 heteroatoms. The Labute approximate surface area is 224 Å². The number of hydrogen-bond acceptors (Lipinski definition) is 8. The van der Waals surface area contributed by atoms with Crippen LogP contribution in [0.5, 0.6) is 11.5 Å². The molecule has 1 unspecified atom stereocenters. The number of nitrogens with zero attached hydrogens (tertiary/aromatic N) is 4. The second-order valence-corrected chi connectivity index (χ2v) is 10.1. The fraction of sp³-hybridized carbons (Fsp3) is 0.692. The van der Waals surface area contributed by atoms with Crippen LogP contribution in [0.2, 0.25) is 0 Å². The molecular weight excluding hydrogens is 525 g/mol. The zero-order valence-electron chi connectivity index (χ0n) is 22.5. The molecule has 218 valence electrons. The fourth-order valence-corrected chi connectivity index (χ4v) is 4.77. The number of aromatic nitrogens is 2. The van der Waals surface area contributed by atoms with E-state index in [0.717, 1.165) is 33.0 Å². The number of nitrogens with one attached hydrogen (secondary N) is 1. The molecule has 2 aliphatic rings. The predicted molar refractivity (Wildman–Crippen MR) is 138 cm³/mol. The van der Waals surface area contributed by atoms with Crippen LogP contribution in [0.1, 0.15) is 46.0 Å². The van der Waals surface area contributed by atoms with Crippen LogP contribution in [0.25, 0.3) is 10.9 Å².